The van der Waals surface area contributed by atoms with Crippen LogP contribution < -0.4 is 10.2 Å². The second-order valence-corrected chi connectivity index (χ2v) is 6.36. The fourth-order valence-corrected chi connectivity index (χ4v) is 2.88. The number of nitrogens with one attached hydrogen (secondary N) is 1. The third-order valence-corrected chi connectivity index (χ3v) is 4.46. The SMILES string of the molecule is CCc1cccc(C)c1Nc1ccnc(N(C)CCc2ccncc2)n1. The quantitative estimate of drug-likeness (QED) is 0.695. The number of nitrogens with zero attached hydrogens (tertiary/aromatic N) is 4. The topological polar surface area (TPSA) is 53.9 Å². The van der Waals surface area contributed by atoms with Crippen molar-refractivity contribution in [1.29, 1.82) is 0 Å². The summed E-state index contributed by atoms with van der Waals surface area (Å²) >= 11 is 0. The Labute approximate surface area is 155 Å². The molecular formula is C21H25N5. The van der Waals surface area contributed by atoms with E-state index in [9.17, 15) is 0 Å². The van der Waals surface area contributed by atoms with Gasteiger partial charge >= 0.3 is 0 Å². The van der Waals surface area contributed by atoms with Crippen molar-refractivity contribution in [2.24, 2.45) is 0 Å². The number of likely N-dealkylation sites (N-methyl/N-ethyl adjacent to an activating group) is 1. The van der Waals surface area contributed by atoms with Crippen LogP contribution in [0.5, 0.6) is 0 Å². The summed E-state index contributed by atoms with van der Waals surface area (Å²) in [5.74, 6) is 1.53. The molecule has 0 aliphatic heterocycles. The third-order valence-electron chi connectivity index (χ3n) is 4.46. The zero-order valence-corrected chi connectivity index (χ0v) is 15.6. The Morgan fingerprint density at radius 1 is 1.04 bits per heavy atom. The van der Waals surface area contributed by atoms with Crippen LogP contribution in [-0.2, 0) is 12.8 Å². The van der Waals surface area contributed by atoms with Crippen molar-refractivity contribution in [3.63, 3.8) is 0 Å². The number of pyridine rings is 1. The van der Waals surface area contributed by atoms with Crippen molar-refractivity contribution in [3.8, 4) is 0 Å². The van der Waals surface area contributed by atoms with Crippen LogP contribution in [0.4, 0.5) is 17.5 Å². The molecule has 134 valence electrons. The number of rotatable bonds is 7. The number of anilines is 3. The lowest BCUT2D eigenvalue weighted by atomic mass is 10.1. The zero-order valence-electron chi connectivity index (χ0n) is 15.6. The van der Waals surface area contributed by atoms with Gasteiger partial charge in [-0.1, -0.05) is 25.1 Å². The second kappa shape index (κ2) is 8.43. The number of hydrogen-bond donors (Lipinski definition) is 1. The highest BCUT2D eigenvalue weighted by molar-refractivity contribution is 5.65. The molecule has 5 heteroatoms. The van der Waals surface area contributed by atoms with E-state index >= 15 is 0 Å². The molecule has 0 radical (unpaired) electrons. The molecule has 0 aliphatic rings. The Hall–Kier alpha value is -2.95. The van der Waals surface area contributed by atoms with Gasteiger partial charge in [0, 0.05) is 37.9 Å². The van der Waals surface area contributed by atoms with Crippen LogP contribution in [0.1, 0.15) is 23.6 Å². The smallest absolute Gasteiger partial charge is 0.227 e. The van der Waals surface area contributed by atoms with Crippen molar-refractivity contribution in [2.45, 2.75) is 26.7 Å². The first-order valence-corrected chi connectivity index (χ1v) is 8.96. The van der Waals surface area contributed by atoms with Crippen LogP contribution in [0.2, 0.25) is 0 Å². The molecule has 2 aromatic heterocycles. The summed E-state index contributed by atoms with van der Waals surface area (Å²) < 4.78 is 0. The summed E-state index contributed by atoms with van der Waals surface area (Å²) in [4.78, 5) is 15.2. The van der Waals surface area contributed by atoms with Gasteiger partial charge in [-0.05, 0) is 54.7 Å². The summed E-state index contributed by atoms with van der Waals surface area (Å²) in [5.41, 5.74) is 4.90. The van der Waals surface area contributed by atoms with Crippen molar-refractivity contribution < 1.29 is 0 Å². The molecule has 3 rings (SSSR count). The predicted molar refractivity (Wildman–Crippen MR) is 107 cm³/mol. The van der Waals surface area contributed by atoms with Crippen LogP contribution >= 0.6 is 0 Å². The fourth-order valence-electron chi connectivity index (χ4n) is 2.88. The first-order valence-electron chi connectivity index (χ1n) is 8.96. The van der Waals surface area contributed by atoms with E-state index in [2.05, 4.69) is 57.2 Å². The molecular weight excluding hydrogens is 322 g/mol. The maximum Gasteiger partial charge on any atom is 0.227 e. The molecule has 3 aromatic rings. The maximum atomic E-state index is 4.69. The van der Waals surface area contributed by atoms with Gasteiger partial charge in [-0.25, -0.2) is 4.98 Å². The van der Waals surface area contributed by atoms with Crippen LogP contribution in [0, 0.1) is 6.92 Å². The number of aryl methyl sites for hydroxylation is 2. The van der Waals surface area contributed by atoms with Crippen molar-refractivity contribution in [1.82, 2.24) is 15.0 Å². The van der Waals surface area contributed by atoms with E-state index in [1.54, 1.807) is 6.20 Å². The van der Waals surface area contributed by atoms with E-state index in [-0.39, 0.29) is 0 Å². The molecule has 0 spiro atoms. The van der Waals surface area contributed by atoms with Crippen LogP contribution in [0.15, 0.2) is 55.0 Å². The number of aromatic nitrogens is 3. The van der Waals surface area contributed by atoms with E-state index in [4.69, 9.17) is 0 Å². The Balaban J connectivity index is 1.72. The number of benzene rings is 1. The van der Waals surface area contributed by atoms with Gasteiger partial charge in [0.25, 0.3) is 0 Å². The van der Waals surface area contributed by atoms with Gasteiger partial charge < -0.3 is 10.2 Å². The van der Waals surface area contributed by atoms with Crippen LogP contribution in [0.3, 0.4) is 0 Å². The lowest BCUT2D eigenvalue weighted by Gasteiger charge is -2.18. The normalized spacial score (nSPS) is 10.6. The molecule has 0 saturated heterocycles. The molecule has 0 saturated carbocycles. The average Bonchev–Trinajstić information content (AvgIpc) is 2.68. The van der Waals surface area contributed by atoms with Crippen molar-refractivity contribution in [3.05, 3.63) is 71.7 Å². The van der Waals surface area contributed by atoms with Gasteiger partial charge in [-0.15, -0.1) is 0 Å². The van der Waals surface area contributed by atoms with Gasteiger partial charge in [0.2, 0.25) is 5.95 Å². The van der Waals surface area contributed by atoms with E-state index in [1.165, 1.54) is 16.7 Å². The predicted octanol–water partition coefficient (Wildman–Crippen LogP) is 4.16. The van der Waals surface area contributed by atoms with Gasteiger partial charge in [-0.3, -0.25) is 4.98 Å². The van der Waals surface area contributed by atoms with E-state index in [1.807, 2.05) is 37.6 Å². The largest absolute Gasteiger partial charge is 0.343 e. The minimum Gasteiger partial charge on any atom is -0.343 e. The highest BCUT2D eigenvalue weighted by atomic mass is 15.2. The molecule has 5 nitrogen and oxygen atoms in total. The zero-order chi connectivity index (χ0) is 18.4. The van der Waals surface area contributed by atoms with Gasteiger partial charge in [0.05, 0.1) is 0 Å². The van der Waals surface area contributed by atoms with E-state index in [0.29, 0.717) is 0 Å². The molecule has 0 atom stereocenters. The molecule has 0 fully saturated rings. The molecule has 26 heavy (non-hydrogen) atoms. The van der Waals surface area contributed by atoms with Gasteiger partial charge in [0.1, 0.15) is 5.82 Å². The Kier molecular flexibility index (Phi) is 5.79. The molecule has 2 heterocycles. The summed E-state index contributed by atoms with van der Waals surface area (Å²) in [6.07, 6.45) is 7.36. The molecule has 0 bridgehead atoms. The van der Waals surface area contributed by atoms with Gasteiger partial charge in [-0.2, -0.15) is 4.98 Å². The minimum absolute atomic E-state index is 0.718. The first kappa shape index (κ1) is 17.9. The Morgan fingerprint density at radius 2 is 1.85 bits per heavy atom. The Morgan fingerprint density at radius 3 is 2.62 bits per heavy atom. The van der Waals surface area contributed by atoms with Gasteiger partial charge in [0.15, 0.2) is 0 Å². The maximum absolute atomic E-state index is 4.69. The standard InChI is InChI=1S/C21H25N5/c1-4-18-7-5-6-16(2)20(18)24-19-10-14-23-21(25-19)26(3)15-11-17-8-12-22-13-9-17/h5-10,12-14H,4,11,15H2,1-3H3,(H,23,24,25). The number of para-hydroxylation sites is 1. The Bertz CT molecular complexity index is 848. The molecule has 1 aromatic carbocycles. The first-order chi connectivity index (χ1) is 12.7. The highest BCUT2D eigenvalue weighted by Gasteiger charge is 2.09. The molecule has 0 amide bonds. The summed E-state index contributed by atoms with van der Waals surface area (Å²) in [7, 11) is 2.02. The average molecular weight is 347 g/mol. The highest BCUT2D eigenvalue weighted by Crippen LogP contribution is 2.25. The lowest BCUT2D eigenvalue weighted by molar-refractivity contribution is 0.837. The van der Waals surface area contributed by atoms with E-state index < -0.39 is 0 Å². The van der Waals surface area contributed by atoms with Crippen molar-refractivity contribution >= 4 is 17.5 Å². The minimum atomic E-state index is 0.718. The molecule has 0 unspecified atom stereocenters. The second-order valence-electron chi connectivity index (χ2n) is 6.36. The monoisotopic (exact) mass is 347 g/mol. The summed E-state index contributed by atoms with van der Waals surface area (Å²) in [5, 5.41) is 3.47. The number of hydrogen-bond acceptors (Lipinski definition) is 5. The third kappa shape index (κ3) is 4.36. The molecule has 0 aliphatic carbocycles. The molecule has 1 N–H and O–H groups in total. The van der Waals surface area contributed by atoms with Crippen LogP contribution in [-0.4, -0.2) is 28.5 Å². The van der Waals surface area contributed by atoms with Crippen LogP contribution in [0.25, 0.3) is 0 Å². The van der Waals surface area contributed by atoms with E-state index in [0.717, 1.165) is 36.8 Å². The fraction of sp³-hybridized carbons (Fsp3) is 0.286. The summed E-state index contributed by atoms with van der Waals surface area (Å²) in [6, 6.07) is 12.3. The summed E-state index contributed by atoms with van der Waals surface area (Å²) in [6.45, 7) is 5.13. The lowest BCUT2D eigenvalue weighted by Crippen LogP contribution is -2.22. The van der Waals surface area contributed by atoms with Crippen molar-refractivity contribution in [2.75, 3.05) is 23.8 Å².